The number of para-hydroxylation sites is 1. The van der Waals surface area contributed by atoms with Crippen molar-refractivity contribution in [3.63, 3.8) is 0 Å². The van der Waals surface area contributed by atoms with Crippen LogP contribution in [0.3, 0.4) is 0 Å². The molecule has 0 spiro atoms. The van der Waals surface area contributed by atoms with Gasteiger partial charge in [-0.2, -0.15) is 0 Å². The quantitative estimate of drug-likeness (QED) is 0.331. The van der Waals surface area contributed by atoms with Gasteiger partial charge in [-0.05, 0) is 61.9 Å². The highest BCUT2D eigenvalue weighted by Crippen LogP contribution is 2.42. The first-order valence-electron chi connectivity index (χ1n) is 12.7. The molecule has 176 valence electrons. The zero-order chi connectivity index (χ0) is 23.4. The number of nitrogens with one attached hydrogen (secondary N) is 3. The Bertz CT molecular complexity index is 1550. The number of anilines is 1. The van der Waals surface area contributed by atoms with E-state index in [9.17, 15) is 0 Å². The lowest BCUT2D eigenvalue weighted by molar-refractivity contribution is 0.368. The van der Waals surface area contributed by atoms with Gasteiger partial charge in [0.15, 0.2) is 5.82 Å². The highest BCUT2D eigenvalue weighted by atomic mass is 15.1. The smallest absolute Gasteiger partial charge is 0.163 e. The molecule has 35 heavy (non-hydrogen) atoms. The van der Waals surface area contributed by atoms with Crippen LogP contribution >= 0.6 is 0 Å². The summed E-state index contributed by atoms with van der Waals surface area (Å²) in [7, 11) is 0. The maximum absolute atomic E-state index is 5.23. The molecule has 1 saturated heterocycles. The monoisotopic (exact) mass is 463 g/mol. The lowest BCUT2D eigenvalue weighted by Crippen LogP contribution is -2.42. The molecular weight excluding hydrogens is 434 g/mol. The molecule has 2 aliphatic rings. The summed E-state index contributed by atoms with van der Waals surface area (Å²) >= 11 is 0. The van der Waals surface area contributed by atoms with Crippen molar-refractivity contribution >= 4 is 38.7 Å². The number of hydrogen-bond acceptors (Lipinski definition) is 6. The van der Waals surface area contributed by atoms with Crippen molar-refractivity contribution in [1.82, 2.24) is 30.2 Å². The second kappa shape index (κ2) is 8.27. The number of benzene rings is 1. The summed E-state index contributed by atoms with van der Waals surface area (Å²) < 4.78 is 0. The molecular formula is C28H29N7. The Morgan fingerprint density at radius 3 is 2.77 bits per heavy atom. The number of fused-ring (bicyclic) bond motifs is 4. The molecule has 2 fully saturated rings. The van der Waals surface area contributed by atoms with Crippen LogP contribution in [-0.4, -0.2) is 44.1 Å². The molecule has 7 nitrogen and oxygen atoms in total. The Morgan fingerprint density at radius 2 is 1.91 bits per heavy atom. The Hall–Kier alpha value is -3.58. The van der Waals surface area contributed by atoms with Crippen molar-refractivity contribution in [3.8, 4) is 11.4 Å². The number of rotatable bonds is 4. The molecule has 1 aromatic carbocycles. The van der Waals surface area contributed by atoms with Gasteiger partial charge < -0.3 is 15.6 Å². The molecule has 7 rings (SSSR count). The molecule has 1 aliphatic carbocycles. The normalized spacial score (nSPS) is 20.9. The number of H-pyrrole nitrogens is 1. The highest BCUT2D eigenvalue weighted by Gasteiger charge is 2.27. The van der Waals surface area contributed by atoms with Gasteiger partial charge in [0.05, 0.1) is 11.7 Å². The minimum atomic E-state index is 0.371. The molecule has 4 aromatic heterocycles. The van der Waals surface area contributed by atoms with Crippen LogP contribution in [0.15, 0.2) is 48.9 Å². The number of aromatic amines is 1. The molecule has 2 atom stereocenters. The second-order valence-electron chi connectivity index (χ2n) is 10.1. The summed E-state index contributed by atoms with van der Waals surface area (Å²) in [5, 5.41) is 10.7. The third-order valence-corrected chi connectivity index (χ3v) is 7.93. The first kappa shape index (κ1) is 20.8. The first-order valence-corrected chi connectivity index (χ1v) is 12.7. The Labute approximate surface area is 203 Å². The number of aromatic nitrogens is 5. The average Bonchev–Trinajstić information content (AvgIpc) is 3.23. The maximum atomic E-state index is 5.23. The highest BCUT2D eigenvalue weighted by molar-refractivity contribution is 6.12. The van der Waals surface area contributed by atoms with E-state index in [-0.39, 0.29) is 0 Å². The van der Waals surface area contributed by atoms with Gasteiger partial charge in [0.1, 0.15) is 11.5 Å². The van der Waals surface area contributed by atoms with Crippen molar-refractivity contribution in [2.75, 3.05) is 18.4 Å². The Balaban J connectivity index is 1.45. The van der Waals surface area contributed by atoms with E-state index >= 15 is 0 Å². The predicted octanol–water partition coefficient (Wildman–Crippen LogP) is 5.40. The van der Waals surface area contributed by atoms with E-state index in [1.54, 1.807) is 0 Å². The van der Waals surface area contributed by atoms with Gasteiger partial charge in [-0.3, -0.25) is 4.98 Å². The van der Waals surface area contributed by atoms with Crippen LogP contribution in [0.5, 0.6) is 0 Å². The van der Waals surface area contributed by atoms with Gasteiger partial charge >= 0.3 is 0 Å². The first-order chi connectivity index (χ1) is 17.3. The molecule has 3 N–H and O–H groups in total. The van der Waals surface area contributed by atoms with Crippen LogP contribution in [0, 0.1) is 5.92 Å². The van der Waals surface area contributed by atoms with Crippen molar-refractivity contribution in [2.45, 2.75) is 44.6 Å². The van der Waals surface area contributed by atoms with Crippen LogP contribution in [0.25, 0.3) is 44.2 Å². The van der Waals surface area contributed by atoms with E-state index in [2.05, 4.69) is 50.7 Å². The van der Waals surface area contributed by atoms with Gasteiger partial charge in [-0.1, -0.05) is 31.5 Å². The standard InChI is InChI=1S/C28H29N7/c1-16-13-29-11-10-21(16)32-28-25-20(17-5-4-6-17)14-30-15-23(25)34-26(35-28)19-9-12-31-27-24(19)18-7-2-3-8-22(18)33-27/h2-3,7-9,12,14-17,21,29H,4-6,10-11,13H2,1H3,(H,31,33)(H,32,34,35)/t16-,21-/m1/s1. The van der Waals surface area contributed by atoms with Gasteiger partial charge in [0.2, 0.25) is 0 Å². The molecule has 0 amide bonds. The van der Waals surface area contributed by atoms with Gasteiger partial charge in [0.25, 0.3) is 0 Å². The number of nitrogens with zero attached hydrogens (tertiary/aromatic N) is 4. The molecule has 0 bridgehead atoms. The summed E-state index contributed by atoms with van der Waals surface area (Å²) in [6.45, 7) is 4.35. The fourth-order valence-electron chi connectivity index (χ4n) is 5.72. The van der Waals surface area contributed by atoms with Crippen molar-refractivity contribution < 1.29 is 0 Å². The fraction of sp³-hybridized carbons (Fsp3) is 0.357. The van der Waals surface area contributed by atoms with Crippen LogP contribution < -0.4 is 10.6 Å². The van der Waals surface area contributed by atoms with Crippen molar-refractivity contribution in [3.05, 3.63) is 54.5 Å². The number of hydrogen-bond donors (Lipinski definition) is 3. The van der Waals surface area contributed by atoms with Gasteiger partial charge in [-0.25, -0.2) is 15.0 Å². The van der Waals surface area contributed by atoms with E-state index in [4.69, 9.17) is 9.97 Å². The zero-order valence-corrected chi connectivity index (χ0v) is 19.9. The third-order valence-electron chi connectivity index (χ3n) is 7.93. The van der Waals surface area contributed by atoms with Gasteiger partial charge in [0, 0.05) is 45.7 Å². The summed E-state index contributed by atoms with van der Waals surface area (Å²) in [6, 6.07) is 10.7. The fourth-order valence-corrected chi connectivity index (χ4v) is 5.72. The largest absolute Gasteiger partial charge is 0.366 e. The summed E-state index contributed by atoms with van der Waals surface area (Å²) in [6.07, 6.45) is 10.6. The van der Waals surface area contributed by atoms with E-state index in [0.717, 1.165) is 63.7 Å². The van der Waals surface area contributed by atoms with Crippen LogP contribution in [-0.2, 0) is 0 Å². The second-order valence-corrected chi connectivity index (χ2v) is 10.1. The van der Waals surface area contributed by atoms with Crippen molar-refractivity contribution in [2.24, 2.45) is 5.92 Å². The summed E-state index contributed by atoms with van der Waals surface area (Å²) in [5.41, 5.74) is 5.11. The van der Waals surface area contributed by atoms with E-state index in [1.165, 1.54) is 24.8 Å². The molecule has 7 heteroatoms. The Morgan fingerprint density at radius 1 is 1.00 bits per heavy atom. The molecule has 5 heterocycles. The number of pyridine rings is 2. The minimum Gasteiger partial charge on any atom is -0.366 e. The Kier molecular flexibility index (Phi) is 4.91. The van der Waals surface area contributed by atoms with Crippen LogP contribution in [0.2, 0.25) is 0 Å². The molecule has 0 unspecified atom stereocenters. The molecule has 0 radical (unpaired) electrons. The average molecular weight is 464 g/mol. The SMILES string of the molecule is C[C@@H]1CNCC[C@H]1Nc1nc(-c2ccnc3[nH]c4ccccc4c23)nc2cncc(C3CCC3)c12. The topological polar surface area (TPSA) is 91.4 Å². The van der Waals surface area contributed by atoms with Crippen LogP contribution in [0.1, 0.15) is 44.1 Å². The summed E-state index contributed by atoms with van der Waals surface area (Å²) in [4.78, 5) is 23.0. The van der Waals surface area contributed by atoms with Crippen molar-refractivity contribution in [1.29, 1.82) is 0 Å². The van der Waals surface area contributed by atoms with Gasteiger partial charge in [-0.15, -0.1) is 0 Å². The minimum absolute atomic E-state index is 0.371. The zero-order valence-electron chi connectivity index (χ0n) is 19.9. The molecule has 1 aliphatic heterocycles. The lowest BCUT2D eigenvalue weighted by atomic mass is 9.79. The van der Waals surface area contributed by atoms with E-state index < -0.39 is 0 Å². The molecule has 5 aromatic rings. The lowest BCUT2D eigenvalue weighted by Gasteiger charge is -2.32. The number of piperidine rings is 1. The molecule has 1 saturated carbocycles. The maximum Gasteiger partial charge on any atom is 0.163 e. The van der Waals surface area contributed by atoms with E-state index in [1.807, 2.05) is 30.7 Å². The summed E-state index contributed by atoms with van der Waals surface area (Å²) in [5.74, 6) is 2.73. The van der Waals surface area contributed by atoms with Crippen LogP contribution in [0.4, 0.5) is 5.82 Å². The third kappa shape index (κ3) is 3.45. The van der Waals surface area contributed by atoms with E-state index in [0.29, 0.717) is 23.7 Å². The predicted molar refractivity (Wildman–Crippen MR) is 141 cm³/mol.